The number of rotatable bonds is 7. The van der Waals surface area contributed by atoms with Gasteiger partial charge in [-0.15, -0.1) is 0 Å². The molecule has 0 aliphatic rings. The van der Waals surface area contributed by atoms with E-state index in [2.05, 4.69) is 19.9 Å². The van der Waals surface area contributed by atoms with Gasteiger partial charge >= 0.3 is 5.92 Å². The Bertz CT molecular complexity index is 1210. The predicted octanol–water partition coefficient (Wildman–Crippen LogP) is 5.99. The summed E-state index contributed by atoms with van der Waals surface area (Å²) < 4.78 is 63.6. The lowest BCUT2D eigenvalue weighted by atomic mass is 9.84. The van der Waals surface area contributed by atoms with Gasteiger partial charge in [0.25, 0.3) is 0 Å². The van der Waals surface area contributed by atoms with E-state index in [0.29, 0.717) is 29.6 Å². The van der Waals surface area contributed by atoms with Crippen LogP contribution >= 0.6 is 0 Å². The summed E-state index contributed by atoms with van der Waals surface area (Å²) in [6.45, 7) is 5.67. The maximum Gasteiger partial charge on any atom is 0.322 e. The molecule has 1 N–H and O–H groups in total. The average molecular weight is 443 g/mol. The minimum Gasteiger partial charge on any atom is -0.456 e. The molecule has 1 heterocycles. The number of hydrogen-bond acceptors (Lipinski definition) is 4. The fourth-order valence-corrected chi connectivity index (χ4v) is 2.88. The lowest BCUT2D eigenvalue weighted by Crippen LogP contribution is -2.47. The second kappa shape index (κ2) is 8.93. The molecule has 1 unspecified atom stereocenters. The molecule has 2 aromatic carbocycles. The van der Waals surface area contributed by atoms with Gasteiger partial charge < -0.3 is 9.84 Å². The van der Waals surface area contributed by atoms with Crippen molar-refractivity contribution in [1.29, 1.82) is 0 Å². The van der Waals surface area contributed by atoms with E-state index in [1.54, 1.807) is 0 Å². The molecular weight excluding hydrogens is 430 g/mol. The van der Waals surface area contributed by atoms with Gasteiger partial charge in [0.2, 0.25) is 0 Å². The molecule has 0 saturated heterocycles. The second-order valence-electron chi connectivity index (χ2n) is 6.53. The highest BCUT2D eigenvalue weighted by atomic mass is 19.3. The molecule has 11 heteroatoms. The third-order valence-electron chi connectivity index (χ3n) is 4.52. The number of benzene rings is 2. The molecule has 0 spiro atoms. The fraction of sp³-hybridized carbons (Fsp3) is 0.143. The Morgan fingerprint density at radius 1 is 1.06 bits per heavy atom. The lowest BCUT2D eigenvalue weighted by molar-refractivity contribution is -0.193. The smallest absolute Gasteiger partial charge is 0.322 e. The van der Waals surface area contributed by atoms with Crippen molar-refractivity contribution in [2.24, 2.45) is 5.11 Å². The summed E-state index contributed by atoms with van der Waals surface area (Å²) in [5.74, 6) is -6.32. The number of nitrogens with zero attached hydrogens (tertiary/aromatic N) is 5. The Balaban J connectivity index is 1.95. The van der Waals surface area contributed by atoms with E-state index in [-0.39, 0.29) is 5.75 Å². The summed E-state index contributed by atoms with van der Waals surface area (Å²) in [7, 11) is 0. The monoisotopic (exact) mass is 443 g/mol. The van der Waals surface area contributed by atoms with Gasteiger partial charge in [0.05, 0.1) is 19.3 Å². The molecule has 0 aliphatic carbocycles. The van der Waals surface area contributed by atoms with Gasteiger partial charge in [0.1, 0.15) is 28.8 Å². The fourth-order valence-electron chi connectivity index (χ4n) is 2.88. The van der Waals surface area contributed by atoms with E-state index < -0.39 is 41.0 Å². The number of pyridine rings is 1. The molecule has 0 amide bonds. The van der Waals surface area contributed by atoms with E-state index in [1.807, 2.05) is 0 Å². The van der Waals surface area contributed by atoms with Crippen LogP contribution in [0, 0.1) is 18.2 Å². The maximum atomic E-state index is 15.3. The van der Waals surface area contributed by atoms with E-state index in [0.717, 1.165) is 18.3 Å². The van der Waals surface area contributed by atoms with Crippen LogP contribution in [-0.4, -0.2) is 16.6 Å². The van der Waals surface area contributed by atoms with Gasteiger partial charge in [-0.3, -0.25) is 4.98 Å². The molecule has 162 valence electrons. The first-order valence-corrected chi connectivity index (χ1v) is 8.90. The van der Waals surface area contributed by atoms with Crippen LogP contribution in [0.2, 0.25) is 0 Å². The van der Waals surface area contributed by atoms with Crippen LogP contribution in [0.5, 0.6) is 11.5 Å². The number of alkyl halides is 2. The first-order valence-electron chi connectivity index (χ1n) is 8.90. The molecule has 0 aliphatic heterocycles. The van der Waals surface area contributed by atoms with Gasteiger partial charge in [0.15, 0.2) is 11.3 Å². The zero-order valence-corrected chi connectivity index (χ0v) is 16.1. The predicted molar refractivity (Wildman–Crippen MR) is 105 cm³/mol. The maximum absolute atomic E-state index is 15.3. The second-order valence-corrected chi connectivity index (χ2v) is 6.53. The molecule has 0 fully saturated rings. The highest BCUT2D eigenvalue weighted by Crippen LogP contribution is 2.46. The van der Waals surface area contributed by atoms with Crippen molar-refractivity contribution in [3.8, 4) is 11.5 Å². The first-order chi connectivity index (χ1) is 15.2. The number of azide groups is 1. The van der Waals surface area contributed by atoms with E-state index in [1.165, 1.54) is 24.3 Å². The average Bonchev–Trinajstić information content (AvgIpc) is 2.78. The Morgan fingerprint density at radius 2 is 1.75 bits per heavy atom. The molecular formula is C21H13F4N5O2. The van der Waals surface area contributed by atoms with Crippen molar-refractivity contribution in [3.63, 3.8) is 0 Å². The quantitative estimate of drug-likeness (QED) is 0.160. The molecule has 0 bridgehead atoms. The van der Waals surface area contributed by atoms with Crippen molar-refractivity contribution in [1.82, 2.24) is 4.98 Å². The summed E-state index contributed by atoms with van der Waals surface area (Å²) in [6, 6.07) is 9.69. The SMILES string of the molecule is [C-]#[N+]c1ccc(Oc2ccc(C(F)(F)C(O)(CN=[N+]=[N-])c3ccc(F)cc3F)nc2)cc1. The van der Waals surface area contributed by atoms with Gasteiger partial charge in [-0.25, -0.2) is 13.6 Å². The van der Waals surface area contributed by atoms with Gasteiger partial charge in [-0.1, -0.05) is 23.3 Å². The van der Waals surface area contributed by atoms with Gasteiger partial charge in [-0.05, 0) is 35.9 Å². The minimum atomic E-state index is -4.24. The standard InChI is InChI=1S/C21H13F4N5O2/c1-27-14-3-5-15(6-4-14)32-16-7-9-19(28-11-16)21(24,25)20(31,12-29-30-26)17-8-2-13(22)10-18(17)23/h2-11,31H,12H2. The molecule has 0 saturated carbocycles. The molecule has 3 rings (SSSR count). The molecule has 32 heavy (non-hydrogen) atoms. The van der Waals surface area contributed by atoms with Gasteiger partial charge in [0, 0.05) is 16.5 Å². The highest BCUT2D eigenvalue weighted by molar-refractivity contribution is 5.47. The Kier molecular flexibility index (Phi) is 6.30. The largest absolute Gasteiger partial charge is 0.456 e. The number of aromatic nitrogens is 1. The van der Waals surface area contributed by atoms with E-state index in [4.69, 9.17) is 16.8 Å². The van der Waals surface area contributed by atoms with Crippen molar-refractivity contribution in [2.75, 3.05) is 6.54 Å². The Hall–Kier alpha value is -4.13. The number of hydrogen-bond donors (Lipinski definition) is 1. The van der Waals surface area contributed by atoms with Crippen molar-refractivity contribution >= 4 is 5.69 Å². The van der Waals surface area contributed by atoms with Crippen LogP contribution in [0.4, 0.5) is 23.2 Å². The Labute approximate surface area is 179 Å². The van der Waals surface area contributed by atoms with Crippen molar-refractivity contribution < 1.29 is 27.4 Å². The van der Waals surface area contributed by atoms with Crippen molar-refractivity contribution in [3.05, 3.63) is 106 Å². The van der Waals surface area contributed by atoms with Crippen LogP contribution in [-0.2, 0) is 11.5 Å². The zero-order valence-electron chi connectivity index (χ0n) is 16.1. The molecule has 1 atom stereocenters. The minimum absolute atomic E-state index is 0.0756. The molecule has 3 aromatic rings. The van der Waals surface area contributed by atoms with Crippen LogP contribution in [0.15, 0.2) is 65.9 Å². The summed E-state index contributed by atoms with van der Waals surface area (Å²) >= 11 is 0. The van der Waals surface area contributed by atoms with Crippen LogP contribution in [0.1, 0.15) is 11.3 Å². The summed E-state index contributed by atoms with van der Waals surface area (Å²) in [6.07, 6.45) is 0.959. The summed E-state index contributed by atoms with van der Waals surface area (Å²) in [5, 5.41) is 13.7. The van der Waals surface area contributed by atoms with Crippen LogP contribution < -0.4 is 4.74 Å². The number of ether oxygens (including phenoxy) is 1. The van der Waals surface area contributed by atoms with E-state index >= 15 is 8.78 Å². The Morgan fingerprint density at radius 3 is 2.31 bits per heavy atom. The third-order valence-corrected chi connectivity index (χ3v) is 4.52. The van der Waals surface area contributed by atoms with Crippen LogP contribution in [0.3, 0.4) is 0 Å². The number of aliphatic hydroxyl groups is 1. The summed E-state index contributed by atoms with van der Waals surface area (Å²) in [4.78, 5) is 9.20. The number of halogens is 4. The normalized spacial score (nSPS) is 12.9. The summed E-state index contributed by atoms with van der Waals surface area (Å²) in [5.41, 5.74) is 3.65. The van der Waals surface area contributed by atoms with Gasteiger partial charge in [-0.2, -0.15) is 8.78 Å². The molecule has 0 radical (unpaired) electrons. The van der Waals surface area contributed by atoms with Crippen molar-refractivity contribution in [2.45, 2.75) is 11.5 Å². The van der Waals surface area contributed by atoms with E-state index in [9.17, 15) is 13.9 Å². The third kappa shape index (κ3) is 4.32. The highest BCUT2D eigenvalue weighted by Gasteiger charge is 2.57. The molecule has 7 nitrogen and oxygen atoms in total. The zero-order chi connectivity index (χ0) is 23.4. The topological polar surface area (TPSA) is 95.5 Å². The lowest BCUT2D eigenvalue weighted by Gasteiger charge is -2.35. The van der Waals surface area contributed by atoms with Crippen LogP contribution in [0.25, 0.3) is 15.3 Å². The first kappa shape index (κ1) is 22.6. The molecule has 1 aromatic heterocycles.